The number of alkyl halides is 3. The lowest BCUT2D eigenvalue weighted by atomic mass is 10.0. The van der Waals surface area contributed by atoms with Crippen LogP contribution in [0.4, 0.5) is 29.3 Å². The molecule has 0 aliphatic carbocycles. The number of morpholine rings is 1. The molecule has 9 nitrogen and oxygen atoms in total. The summed E-state index contributed by atoms with van der Waals surface area (Å²) in [5.74, 6) is -0.0962. The van der Waals surface area contributed by atoms with Gasteiger partial charge in [0.1, 0.15) is 0 Å². The fraction of sp³-hybridized carbons (Fsp3) is 0.276. The van der Waals surface area contributed by atoms with Crippen LogP contribution < -0.4 is 16.0 Å². The lowest BCUT2D eigenvalue weighted by molar-refractivity contribution is -0.137. The van der Waals surface area contributed by atoms with E-state index in [0.717, 1.165) is 53.8 Å². The van der Waals surface area contributed by atoms with Crippen LogP contribution in [-0.4, -0.2) is 66.4 Å². The van der Waals surface area contributed by atoms with Crippen molar-refractivity contribution < 1.29 is 27.5 Å². The van der Waals surface area contributed by atoms with Crippen molar-refractivity contribution >= 4 is 45.8 Å². The molecule has 42 heavy (non-hydrogen) atoms. The number of nitrogens with zero attached hydrogens (tertiary/aromatic N) is 2. The number of amides is 3. The number of carbonyl (C=O) groups is 2. The second-order valence-electron chi connectivity index (χ2n) is 9.76. The summed E-state index contributed by atoms with van der Waals surface area (Å²) in [7, 11) is 0. The molecular formula is C29H28ClF3N6O3. The molecule has 5 rings (SSSR count). The fourth-order valence-corrected chi connectivity index (χ4v) is 4.86. The van der Waals surface area contributed by atoms with E-state index in [1.165, 1.54) is 6.07 Å². The van der Waals surface area contributed by atoms with Crippen LogP contribution in [0, 0.1) is 0 Å². The van der Waals surface area contributed by atoms with Gasteiger partial charge in [0.15, 0.2) is 0 Å². The number of halogens is 4. The number of hydrogen-bond acceptors (Lipinski definition) is 5. The molecule has 1 aliphatic rings. The van der Waals surface area contributed by atoms with E-state index in [0.29, 0.717) is 31.1 Å². The zero-order valence-electron chi connectivity index (χ0n) is 22.4. The Hall–Kier alpha value is -4.13. The summed E-state index contributed by atoms with van der Waals surface area (Å²) in [6.45, 7) is 4.49. The lowest BCUT2D eigenvalue weighted by Gasteiger charge is -2.26. The molecule has 220 valence electrons. The number of anilines is 2. The second-order valence-corrected chi connectivity index (χ2v) is 10.2. The molecule has 0 spiro atoms. The maximum atomic E-state index is 13.1. The molecule has 3 aromatic carbocycles. The first-order valence-corrected chi connectivity index (χ1v) is 13.6. The highest BCUT2D eigenvalue weighted by molar-refractivity contribution is 6.31. The molecule has 0 saturated carbocycles. The van der Waals surface area contributed by atoms with Crippen molar-refractivity contribution in [3.05, 3.63) is 76.9 Å². The van der Waals surface area contributed by atoms with E-state index in [1.807, 2.05) is 18.2 Å². The summed E-state index contributed by atoms with van der Waals surface area (Å²) in [4.78, 5) is 27.2. The number of hydrogen-bond donors (Lipinski definition) is 4. The van der Waals surface area contributed by atoms with Crippen LogP contribution in [0.3, 0.4) is 0 Å². The predicted molar refractivity (Wildman–Crippen MR) is 155 cm³/mol. The van der Waals surface area contributed by atoms with Crippen molar-refractivity contribution in [1.29, 1.82) is 0 Å². The molecule has 1 aromatic heterocycles. The van der Waals surface area contributed by atoms with Crippen molar-refractivity contribution in [2.24, 2.45) is 0 Å². The van der Waals surface area contributed by atoms with Gasteiger partial charge in [-0.25, -0.2) is 4.79 Å². The number of benzene rings is 3. The monoisotopic (exact) mass is 600 g/mol. The summed E-state index contributed by atoms with van der Waals surface area (Å²) in [6, 6.07) is 15.1. The summed E-state index contributed by atoms with van der Waals surface area (Å²) >= 11 is 5.64. The number of urea groups is 1. The minimum atomic E-state index is -4.64. The number of rotatable bonds is 8. The zero-order chi connectivity index (χ0) is 29.7. The average Bonchev–Trinajstić information content (AvgIpc) is 3.36. The Labute approximate surface area is 244 Å². The minimum Gasteiger partial charge on any atom is -0.379 e. The molecule has 0 atom stereocenters. The molecule has 2 heterocycles. The third-order valence-electron chi connectivity index (χ3n) is 6.83. The molecular weight excluding hydrogens is 573 g/mol. The minimum absolute atomic E-state index is 0.0455. The van der Waals surface area contributed by atoms with Gasteiger partial charge < -0.3 is 20.7 Å². The Morgan fingerprint density at radius 3 is 2.38 bits per heavy atom. The third kappa shape index (κ3) is 7.38. The first-order chi connectivity index (χ1) is 20.2. The third-order valence-corrected chi connectivity index (χ3v) is 7.16. The first kappa shape index (κ1) is 29.4. The van der Waals surface area contributed by atoms with Crippen LogP contribution in [-0.2, 0) is 22.1 Å². The van der Waals surface area contributed by atoms with E-state index in [1.54, 1.807) is 24.3 Å². The van der Waals surface area contributed by atoms with E-state index < -0.39 is 22.8 Å². The van der Waals surface area contributed by atoms with Crippen molar-refractivity contribution in [1.82, 2.24) is 20.4 Å². The number of aromatic amines is 1. The molecule has 0 bridgehead atoms. The topological polar surface area (TPSA) is 111 Å². The quantitative estimate of drug-likeness (QED) is 0.212. The van der Waals surface area contributed by atoms with E-state index in [4.69, 9.17) is 16.3 Å². The highest BCUT2D eigenvalue weighted by Gasteiger charge is 2.33. The average molecular weight is 601 g/mol. The Balaban J connectivity index is 1.19. The maximum Gasteiger partial charge on any atom is 0.417 e. The molecule has 1 aliphatic heterocycles. The molecule has 4 aromatic rings. The van der Waals surface area contributed by atoms with Crippen molar-refractivity contribution in [2.45, 2.75) is 12.6 Å². The summed E-state index contributed by atoms with van der Waals surface area (Å²) in [5, 5.41) is 15.6. The van der Waals surface area contributed by atoms with Crippen molar-refractivity contribution in [3.63, 3.8) is 0 Å². The SMILES string of the molecule is O=C(Cc1[nH]nc2ccc(-c3ccc(NC(=O)Nc4ccc(Cl)c(C(F)(F)F)c4)cc3)cc12)NCCN1CCOCC1. The van der Waals surface area contributed by atoms with Gasteiger partial charge in [-0.2, -0.15) is 18.3 Å². The van der Waals surface area contributed by atoms with Gasteiger partial charge >= 0.3 is 12.2 Å². The summed E-state index contributed by atoms with van der Waals surface area (Å²) in [6.07, 6.45) is -4.48. The summed E-state index contributed by atoms with van der Waals surface area (Å²) < 4.78 is 44.6. The maximum absolute atomic E-state index is 13.1. The number of H-pyrrole nitrogens is 1. The summed E-state index contributed by atoms with van der Waals surface area (Å²) in [5.41, 5.74) is 2.55. The van der Waals surface area contributed by atoms with Gasteiger partial charge in [0, 0.05) is 42.9 Å². The van der Waals surface area contributed by atoms with Crippen LogP contribution in [0.25, 0.3) is 22.0 Å². The van der Waals surface area contributed by atoms with Gasteiger partial charge in [-0.05, 0) is 53.6 Å². The first-order valence-electron chi connectivity index (χ1n) is 13.2. The molecule has 13 heteroatoms. The highest BCUT2D eigenvalue weighted by atomic mass is 35.5. The Morgan fingerprint density at radius 1 is 0.952 bits per heavy atom. The largest absolute Gasteiger partial charge is 0.417 e. The van der Waals surface area contributed by atoms with Crippen LogP contribution >= 0.6 is 11.6 Å². The van der Waals surface area contributed by atoms with E-state index in [2.05, 4.69) is 31.0 Å². The van der Waals surface area contributed by atoms with Gasteiger partial charge in [0.05, 0.1) is 41.4 Å². The molecule has 1 saturated heterocycles. The Kier molecular flexibility index (Phi) is 8.95. The number of fused-ring (bicyclic) bond motifs is 1. The van der Waals surface area contributed by atoms with Crippen LogP contribution in [0.1, 0.15) is 11.3 Å². The van der Waals surface area contributed by atoms with E-state index in [9.17, 15) is 22.8 Å². The van der Waals surface area contributed by atoms with Gasteiger partial charge in [-0.15, -0.1) is 0 Å². The lowest BCUT2D eigenvalue weighted by Crippen LogP contribution is -2.41. The number of aromatic nitrogens is 2. The van der Waals surface area contributed by atoms with Crippen LogP contribution in [0.15, 0.2) is 60.7 Å². The van der Waals surface area contributed by atoms with Crippen molar-refractivity contribution in [3.8, 4) is 11.1 Å². The zero-order valence-corrected chi connectivity index (χ0v) is 23.1. The Morgan fingerprint density at radius 2 is 1.64 bits per heavy atom. The molecule has 1 fully saturated rings. The van der Waals surface area contributed by atoms with Gasteiger partial charge in [0.2, 0.25) is 5.91 Å². The standard InChI is InChI=1S/C29H28ClF3N6O3/c30-24-7-6-21(16-23(24)29(31,32)33)36-28(41)35-20-4-1-18(2-5-20)19-3-8-25-22(15-19)26(38-37-25)17-27(40)34-9-10-39-11-13-42-14-12-39/h1-8,15-16H,9-14,17H2,(H,34,40)(H,37,38)(H2,35,36,41). The van der Waals surface area contributed by atoms with E-state index >= 15 is 0 Å². The van der Waals surface area contributed by atoms with Gasteiger partial charge in [0.25, 0.3) is 0 Å². The number of ether oxygens (including phenoxy) is 1. The van der Waals surface area contributed by atoms with E-state index in [-0.39, 0.29) is 18.0 Å². The molecule has 0 unspecified atom stereocenters. The van der Waals surface area contributed by atoms with Gasteiger partial charge in [-0.1, -0.05) is 29.8 Å². The van der Waals surface area contributed by atoms with Crippen LogP contribution in [0.5, 0.6) is 0 Å². The smallest absolute Gasteiger partial charge is 0.379 e. The van der Waals surface area contributed by atoms with Crippen LogP contribution in [0.2, 0.25) is 5.02 Å². The normalized spacial score (nSPS) is 14.1. The Bertz CT molecular complexity index is 1570. The fourth-order valence-electron chi connectivity index (χ4n) is 4.64. The number of carbonyl (C=O) groups excluding carboxylic acids is 2. The molecule has 3 amide bonds. The second kappa shape index (κ2) is 12.8. The molecule has 0 radical (unpaired) electrons. The molecule has 4 N–H and O–H groups in total. The number of nitrogens with one attached hydrogen (secondary N) is 4. The van der Waals surface area contributed by atoms with Crippen molar-refractivity contribution in [2.75, 3.05) is 50.0 Å². The highest BCUT2D eigenvalue weighted by Crippen LogP contribution is 2.36. The van der Waals surface area contributed by atoms with Gasteiger partial charge in [-0.3, -0.25) is 14.8 Å². The predicted octanol–water partition coefficient (Wildman–Crippen LogP) is 5.54.